The van der Waals surface area contributed by atoms with Crippen LogP contribution in [0.1, 0.15) is 195 Å². The van der Waals surface area contributed by atoms with Crippen LogP contribution in [0.5, 0.6) is 0 Å². The fourth-order valence-corrected chi connectivity index (χ4v) is 6.28. The van der Waals surface area contributed by atoms with Crippen LogP contribution in [-0.4, -0.2) is 40.4 Å². The number of hydrogen-bond donors (Lipinski definition) is 0. The SMILES string of the molecule is CC(C)(C)OC(=O)CC(=O)OCc1ccccc1.CCCCCCCCCCCBr.CCCCCCCCCCCC(C(=O)OCc1ccccc1)C(=O)OC(C)(C)C. The van der Waals surface area contributed by atoms with Gasteiger partial charge in [0, 0.05) is 5.33 Å². The molecule has 0 amide bonds. The lowest BCUT2D eigenvalue weighted by Crippen LogP contribution is -2.33. The molecule has 0 spiro atoms. The Morgan fingerprint density at radius 2 is 0.881 bits per heavy atom. The summed E-state index contributed by atoms with van der Waals surface area (Å²) in [4.78, 5) is 47.9. The fourth-order valence-electron chi connectivity index (χ4n) is 5.88. The fraction of sp³-hybridized carbons (Fsp3) is 0.680. The predicted octanol–water partition coefficient (Wildman–Crippen LogP) is 14.0. The first kappa shape index (κ1) is 55.8. The second kappa shape index (κ2) is 35.5. The Morgan fingerprint density at radius 3 is 1.29 bits per heavy atom. The molecule has 59 heavy (non-hydrogen) atoms. The van der Waals surface area contributed by atoms with E-state index in [1.165, 1.54) is 102 Å². The van der Waals surface area contributed by atoms with Crippen molar-refractivity contribution in [2.75, 3.05) is 5.33 Å². The molecule has 0 heterocycles. The largest absolute Gasteiger partial charge is 0.460 e. The van der Waals surface area contributed by atoms with E-state index in [1.807, 2.05) is 81.4 Å². The third-order valence-electron chi connectivity index (χ3n) is 8.98. The maximum Gasteiger partial charge on any atom is 0.320 e. The van der Waals surface area contributed by atoms with Gasteiger partial charge in [-0.25, -0.2) is 0 Å². The molecule has 0 saturated carbocycles. The lowest BCUT2D eigenvalue weighted by molar-refractivity contribution is -0.170. The minimum absolute atomic E-state index is 0.169. The summed E-state index contributed by atoms with van der Waals surface area (Å²) < 4.78 is 20.9. The molecule has 0 aromatic heterocycles. The van der Waals surface area contributed by atoms with Gasteiger partial charge in [0.05, 0.1) is 0 Å². The van der Waals surface area contributed by atoms with Crippen molar-refractivity contribution in [3.63, 3.8) is 0 Å². The first-order chi connectivity index (χ1) is 28.1. The summed E-state index contributed by atoms with van der Waals surface area (Å²) in [6.07, 6.45) is 23.7. The molecule has 2 aromatic carbocycles. The molecule has 0 saturated heterocycles. The highest BCUT2D eigenvalue weighted by Crippen LogP contribution is 2.20. The van der Waals surface area contributed by atoms with Gasteiger partial charge in [-0.3, -0.25) is 19.2 Å². The topological polar surface area (TPSA) is 105 Å². The van der Waals surface area contributed by atoms with Crippen molar-refractivity contribution in [3.8, 4) is 0 Å². The standard InChI is InChI=1S/C25H40O4.C14H18O4.C11H23Br/c1-5-6-7-8-9-10-11-12-16-19-22(24(27)29-25(2,3)4)23(26)28-20-21-17-14-13-15-18-21;1-14(2,3)18-13(16)9-12(15)17-10-11-7-5-4-6-8-11;1-2-3-4-5-6-7-8-9-10-11-12/h13-15,17-18,22H,5-12,16,19-20H2,1-4H3;4-8H,9-10H2,1-3H3;2-11H2,1H3. The Bertz CT molecular complexity index is 1320. The molecule has 1 atom stereocenters. The number of ether oxygens (including phenoxy) is 4. The van der Waals surface area contributed by atoms with Crippen LogP contribution in [0.15, 0.2) is 60.7 Å². The summed E-state index contributed by atoms with van der Waals surface area (Å²) in [6.45, 7) is 15.5. The van der Waals surface area contributed by atoms with E-state index < -0.39 is 41.0 Å². The van der Waals surface area contributed by atoms with E-state index in [0.29, 0.717) is 6.42 Å². The molecule has 0 N–H and O–H groups in total. The van der Waals surface area contributed by atoms with Gasteiger partial charge in [-0.2, -0.15) is 0 Å². The number of alkyl halides is 1. The van der Waals surface area contributed by atoms with E-state index >= 15 is 0 Å². The summed E-state index contributed by atoms with van der Waals surface area (Å²) >= 11 is 3.45. The van der Waals surface area contributed by atoms with Crippen LogP contribution in [0.3, 0.4) is 0 Å². The highest BCUT2D eigenvalue weighted by atomic mass is 79.9. The van der Waals surface area contributed by atoms with Crippen LogP contribution in [0.25, 0.3) is 0 Å². The third kappa shape index (κ3) is 36.4. The van der Waals surface area contributed by atoms with Gasteiger partial charge >= 0.3 is 23.9 Å². The molecule has 0 aliphatic heterocycles. The van der Waals surface area contributed by atoms with Crippen molar-refractivity contribution in [2.45, 2.75) is 208 Å². The number of benzene rings is 2. The number of hydrogen-bond acceptors (Lipinski definition) is 8. The van der Waals surface area contributed by atoms with Crippen molar-refractivity contribution < 1.29 is 38.1 Å². The van der Waals surface area contributed by atoms with Gasteiger partial charge in [-0.15, -0.1) is 0 Å². The zero-order chi connectivity index (χ0) is 44.2. The molecule has 0 bridgehead atoms. The lowest BCUT2D eigenvalue weighted by atomic mass is 9.99. The van der Waals surface area contributed by atoms with Crippen molar-refractivity contribution in [2.24, 2.45) is 5.92 Å². The summed E-state index contributed by atoms with van der Waals surface area (Å²) in [5, 5.41) is 1.18. The lowest BCUT2D eigenvalue weighted by Gasteiger charge is -2.23. The van der Waals surface area contributed by atoms with Gasteiger partial charge in [0.15, 0.2) is 5.92 Å². The zero-order valence-corrected chi connectivity index (χ0v) is 39.8. The van der Waals surface area contributed by atoms with E-state index in [4.69, 9.17) is 18.9 Å². The molecular formula is C50H81BrO8. The normalized spacial score (nSPS) is 11.5. The van der Waals surface area contributed by atoms with Crippen LogP contribution in [0, 0.1) is 5.92 Å². The Kier molecular flexibility index (Phi) is 33.6. The molecule has 8 nitrogen and oxygen atoms in total. The predicted molar refractivity (Wildman–Crippen MR) is 245 cm³/mol. The molecule has 336 valence electrons. The number of unbranched alkanes of at least 4 members (excludes halogenated alkanes) is 16. The molecule has 0 aliphatic rings. The number of halogens is 1. The third-order valence-corrected chi connectivity index (χ3v) is 9.55. The van der Waals surface area contributed by atoms with Crippen LogP contribution >= 0.6 is 15.9 Å². The quantitative estimate of drug-likeness (QED) is 0.0287. The van der Waals surface area contributed by atoms with E-state index in [1.54, 1.807) is 20.8 Å². The highest BCUT2D eigenvalue weighted by molar-refractivity contribution is 9.09. The number of carbonyl (C=O) groups excluding carboxylic acids is 4. The second-order valence-corrected chi connectivity index (χ2v) is 18.0. The summed E-state index contributed by atoms with van der Waals surface area (Å²) in [5.41, 5.74) is 0.589. The van der Waals surface area contributed by atoms with Gasteiger partial charge in [0.1, 0.15) is 30.8 Å². The maximum absolute atomic E-state index is 12.6. The van der Waals surface area contributed by atoms with E-state index in [0.717, 1.165) is 30.4 Å². The van der Waals surface area contributed by atoms with Crippen LogP contribution in [0.2, 0.25) is 0 Å². The Labute approximate surface area is 367 Å². The summed E-state index contributed by atoms with van der Waals surface area (Å²) in [7, 11) is 0. The molecule has 2 aromatic rings. The Balaban J connectivity index is 0.000000951. The van der Waals surface area contributed by atoms with Gasteiger partial charge in [-0.1, -0.05) is 200 Å². The first-order valence-electron chi connectivity index (χ1n) is 22.5. The number of rotatable bonds is 27. The molecule has 9 heteroatoms. The molecular weight excluding hydrogens is 808 g/mol. The summed E-state index contributed by atoms with van der Waals surface area (Å²) in [5.74, 6) is -2.95. The van der Waals surface area contributed by atoms with Crippen molar-refractivity contribution in [3.05, 3.63) is 71.8 Å². The second-order valence-electron chi connectivity index (χ2n) is 17.2. The van der Waals surface area contributed by atoms with Crippen LogP contribution in [-0.2, 0) is 51.3 Å². The molecule has 0 fully saturated rings. The molecule has 1 unspecified atom stereocenters. The Hall–Kier alpha value is -3.20. The van der Waals surface area contributed by atoms with E-state index in [9.17, 15) is 19.2 Å². The highest BCUT2D eigenvalue weighted by Gasteiger charge is 2.32. The van der Waals surface area contributed by atoms with Crippen LogP contribution < -0.4 is 0 Å². The minimum Gasteiger partial charge on any atom is -0.460 e. The van der Waals surface area contributed by atoms with Crippen molar-refractivity contribution in [1.29, 1.82) is 0 Å². The average Bonchev–Trinajstić information content (AvgIpc) is 3.18. The van der Waals surface area contributed by atoms with E-state index in [2.05, 4.69) is 29.8 Å². The molecule has 0 aliphatic carbocycles. The first-order valence-corrected chi connectivity index (χ1v) is 23.6. The minimum atomic E-state index is -0.845. The average molecular weight is 890 g/mol. The van der Waals surface area contributed by atoms with Gasteiger partial charge < -0.3 is 18.9 Å². The van der Waals surface area contributed by atoms with Gasteiger partial charge in [-0.05, 0) is 65.5 Å². The summed E-state index contributed by atoms with van der Waals surface area (Å²) in [6, 6.07) is 18.8. The van der Waals surface area contributed by atoms with E-state index in [-0.39, 0.29) is 19.6 Å². The smallest absolute Gasteiger partial charge is 0.320 e. The van der Waals surface area contributed by atoms with Crippen molar-refractivity contribution >= 4 is 39.8 Å². The monoisotopic (exact) mass is 889 g/mol. The maximum atomic E-state index is 12.6. The van der Waals surface area contributed by atoms with Crippen molar-refractivity contribution in [1.82, 2.24) is 0 Å². The Morgan fingerprint density at radius 1 is 0.492 bits per heavy atom. The van der Waals surface area contributed by atoms with Gasteiger partial charge in [0.25, 0.3) is 0 Å². The van der Waals surface area contributed by atoms with Crippen LogP contribution in [0.4, 0.5) is 0 Å². The molecule has 0 radical (unpaired) electrons. The number of carbonyl (C=O) groups is 4. The number of esters is 4. The van der Waals surface area contributed by atoms with Gasteiger partial charge in [0.2, 0.25) is 0 Å². The zero-order valence-electron chi connectivity index (χ0n) is 38.3. The molecule has 2 rings (SSSR count).